The third-order valence-electron chi connectivity index (χ3n) is 12.3. The summed E-state index contributed by atoms with van der Waals surface area (Å²) in [5, 5.41) is 7.86. The smallest absolute Gasteiger partial charge is 0.484 e. The van der Waals surface area contributed by atoms with Gasteiger partial charge in [0.25, 0.3) is 5.91 Å². The van der Waals surface area contributed by atoms with E-state index in [1.54, 1.807) is 0 Å². The molecule has 0 radical (unpaired) electrons. The van der Waals surface area contributed by atoms with Crippen LogP contribution < -0.4 is 29.9 Å². The Morgan fingerprint density at radius 3 is 1.54 bits per heavy atom. The normalized spacial score (nSPS) is 14.8. The highest BCUT2D eigenvalue weighted by Crippen LogP contribution is 2.29. The van der Waals surface area contributed by atoms with E-state index >= 15 is 0 Å². The number of ether oxygens (including phenoxy) is 2. The molecule has 2 N–H and O–H groups in total. The minimum atomic E-state index is -4.72. The molecule has 12 nitrogen and oxygen atoms in total. The average molecular weight is 998 g/mol. The van der Waals surface area contributed by atoms with E-state index in [1.165, 1.54) is 24.3 Å². The lowest BCUT2D eigenvalue weighted by molar-refractivity contribution is -0.274. The van der Waals surface area contributed by atoms with Gasteiger partial charge in [-0.3, -0.25) is 19.4 Å². The summed E-state index contributed by atoms with van der Waals surface area (Å²) in [7, 11) is 0. The maximum absolute atomic E-state index is 12.5. The van der Waals surface area contributed by atoms with Crippen molar-refractivity contribution in [3.63, 3.8) is 0 Å². The van der Waals surface area contributed by atoms with Crippen LogP contribution in [-0.2, 0) is 16.0 Å². The molecular formula is C52H60BrF3N8O4. The summed E-state index contributed by atoms with van der Waals surface area (Å²) >= 11 is 3.39. The zero-order chi connectivity index (χ0) is 48.5. The summed E-state index contributed by atoms with van der Waals surface area (Å²) in [5.41, 5.74) is 6.25. The first-order valence-electron chi connectivity index (χ1n) is 23.1. The van der Waals surface area contributed by atoms with Gasteiger partial charge in [0, 0.05) is 97.5 Å². The maximum atomic E-state index is 12.5. The lowest BCUT2D eigenvalue weighted by Crippen LogP contribution is -2.49. The molecule has 8 rings (SSSR count). The number of aryl methyl sites for hydroxylation is 3. The predicted molar refractivity (Wildman–Crippen MR) is 269 cm³/mol. The van der Waals surface area contributed by atoms with Gasteiger partial charge < -0.3 is 29.9 Å². The minimum absolute atomic E-state index is 0.0435. The number of nitrogens with zero attached hydrogens (tertiary/aromatic N) is 6. The quantitative estimate of drug-likeness (QED) is 0.116. The lowest BCUT2D eigenvalue weighted by atomic mass is 10.1. The number of hydrogen-bond donors (Lipinski definition) is 2. The number of carbonyl (C=O) groups is 2. The summed E-state index contributed by atoms with van der Waals surface area (Å²) < 4.78 is 47.2. The number of nitrogens with one attached hydrogen (secondary N) is 2. The van der Waals surface area contributed by atoms with Crippen molar-refractivity contribution >= 4 is 72.6 Å². The van der Waals surface area contributed by atoms with Crippen molar-refractivity contribution in [2.45, 2.75) is 72.8 Å². The Kier molecular flexibility index (Phi) is 16.5. The molecule has 0 spiro atoms. The molecule has 2 amide bonds. The highest BCUT2D eigenvalue weighted by atomic mass is 79.9. The van der Waals surface area contributed by atoms with Crippen molar-refractivity contribution in [2.24, 2.45) is 0 Å². The van der Waals surface area contributed by atoms with Gasteiger partial charge in [0.05, 0.1) is 11.0 Å². The van der Waals surface area contributed by atoms with Crippen LogP contribution in [0, 0.1) is 13.8 Å². The molecule has 4 aromatic carbocycles. The van der Waals surface area contributed by atoms with Gasteiger partial charge in [0.15, 0.2) is 6.61 Å². The second kappa shape index (κ2) is 22.4. The van der Waals surface area contributed by atoms with Crippen molar-refractivity contribution in [3.05, 3.63) is 118 Å². The Balaban J connectivity index is 0.000000203. The van der Waals surface area contributed by atoms with E-state index in [9.17, 15) is 22.8 Å². The number of halogens is 4. The van der Waals surface area contributed by atoms with Crippen LogP contribution >= 0.6 is 15.9 Å². The third-order valence-corrected chi connectivity index (χ3v) is 12.8. The molecule has 2 aliphatic rings. The molecule has 2 fully saturated rings. The molecule has 2 aromatic heterocycles. The second-order valence-corrected chi connectivity index (χ2v) is 18.7. The van der Waals surface area contributed by atoms with Gasteiger partial charge >= 0.3 is 6.36 Å². The summed E-state index contributed by atoms with van der Waals surface area (Å²) in [6.45, 7) is 21.1. The number of benzene rings is 4. The molecule has 4 heterocycles. The van der Waals surface area contributed by atoms with E-state index in [0.29, 0.717) is 29.9 Å². The molecule has 0 saturated carbocycles. The van der Waals surface area contributed by atoms with Gasteiger partial charge in [-0.25, -0.2) is 9.97 Å². The number of alkyl halides is 3. The number of pyridine rings is 2. The van der Waals surface area contributed by atoms with Crippen LogP contribution in [0.1, 0.15) is 50.8 Å². The molecule has 2 saturated heterocycles. The Labute approximate surface area is 404 Å². The van der Waals surface area contributed by atoms with Crippen LogP contribution in [0.15, 0.2) is 102 Å². The van der Waals surface area contributed by atoms with Gasteiger partial charge in [-0.05, 0) is 150 Å². The molecule has 0 unspecified atom stereocenters. The van der Waals surface area contributed by atoms with Gasteiger partial charge in [-0.1, -0.05) is 28.1 Å². The van der Waals surface area contributed by atoms with Crippen molar-refractivity contribution in [1.29, 1.82) is 0 Å². The summed E-state index contributed by atoms with van der Waals surface area (Å²) in [6.07, 6.45) is -4.12. The first kappa shape index (κ1) is 49.9. The molecule has 360 valence electrons. The zero-order valence-electron chi connectivity index (χ0n) is 39.5. The number of hydrogen-bond acceptors (Lipinski definition) is 10. The number of amides is 2. The Morgan fingerprint density at radius 2 is 1.09 bits per heavy atom. The summed E-state index contributed by atoms with van der Waals surface area (Å²) in [6, 6.07) is 29.9. The van der Waals surface area contributed by atoms with E-state index in [1.807, 2.05) is 60.7 Å². The number of carbonyl (C=O) groups excluding carboxylic acids is 2. The fraction of sp³-hybridized carbons (Fsp3) is 0.385. The van der Waals surface area contributed by atoms with Crippen molar-refractivity contribution < 1.29 is 32.2 Å². The van der Waals surface area contributed by atoms with Crippen molar-refractivity contribution in [2.75, 3.05) is 79.4 Å². The lowest BCUT2D eigenvalue weighted by Gasteiger charge is -2.37. The molecule has 0 aliphatic carbocycles. The average Bonchev–Trinajstić information content (AvgIpc) is 3.31. The van der Waals surface area contributed by atoms with Gasteiger partial charge in [0.1, 0.15) is 23.1 Å². The number of fused-ring (bicyclic) bond motifs is 2. The van der Waals surface area contributed by atoms with Crippen molar-refractivity contribution in [3.8, 4) is 11.5 Å². The van der Waals surface area contributed by atoms with E-state index in [2.05, 4.69) is 105 Å². The van der Waals surface area contributed by atoms with Crippen LogP contribution in [0.2, 0.25) is 0 Å². The monoisotopic (exact) mass is 996 g/mol. The van der Waals surface area contributed by atoms with E-state index in [4.69, 9.17) is 14.7 Å². The topological polar surface area (TPSA) is 115 Å². The third kappa shape index (κ3) is 13.8. The van der Waals surface area contributed by atoms with Crippen LogP contribution in [0.25, 0.3) is 21.8 Å². The number of rotatable bonds is 13. The van der Waals surface area contributed by atoms with Gasteiger partial charge in [-0.15, -0.1) is 13.2 Å². The van der Waals surface area contributed by atoms with E-state index in [-0.39, 0.29) is 30.6 Å². The standard InChI is InChI=1S/C27H31F3N4O2.C25H29BrN4O2/c1-18(2)33-12-14-34(15-13-33)25-16-19(3)23-17-21(7-10-24(23)32-25)31-26(35)11-6-20-4-8-22(9-5-20)36-27(28,29)30;1-17(2)29-10-12-30(13-11-29)24-14-18(3)22-15-20(6-9-23(22)28-24)27-25(31)16-32-21-7-4-19(26)5-8-21/h4-5,7-10,16-18H,6,11-15H2,1-3H3,(H,31,35);4-9,14-15,17H,10-13,16H2,1-3H3,(H,27,31). The molecule has 2 aliphatic heterocycles. The SMILES string of the molecule is Cc1cc(N2CCN(C(C)C)CC2)nc2ccc(NC(=O)CCc3ccc(OC(F)(F)F)cc3)cc12.Cc1cc(N2CCN(C(C)C)CC2)nc2ccc(NC(=O)COc3ccc(Br)cc3)cc12. The Hall–Kier alpha value is -5.97. The number of anilines is 4. The number of piperazine rings is 2. The molecule has 0 bridgehead atoms. The second-order valence-electron chi connectivity index (χ2n) is 17.8. The van der Waals surface area contributed by atoms with E-state index in [0.717, 1.165) is 113 Å². The molecule has 68 heavy (non-hydrogen) atoms. The van der Waals surface area contributed by atoms with E-state index < -0.39 is 6.36 Å². The summed E-state index contributed by atoms with van der Waals surface area (Å²) in [4.78, 5) is 44.2. The fourth-order valence-corrected chi connectivity index (χ4v) is 8.65. The molecule has 0 atom stereocenters. The zero-order valence-corrected chi connectivity index (χ0v) is 41.1. The van der Waals surface area contributed by atoms with Crippen LogP contribution in [0.3, 0.4) is 0 Å². The number of aromatic nitrogens is 2. The Bertz CT molecular complexity index is 2670. The summed E-state index contributed by atoms with van der Waals surface area (Å²) in [5.74, 6) is 2.01. The molecule has 6 aromatic rings. The molecular weight excluding hydrogens is 938 g/mol. The Morgan fingerprint density at radius 1 is 0.632 bits per heavy atom. The largest absolute Gasteiger partial charge is 0.573 e. The van der Waals surface area contributed by atoms with Crippen LogP contribution in [-0.4, -0.2) is 109 Å². The predicted octanol–water partition coefficient (Wildman–Crippen LogP) is 10.4. The van der Waals surface area contributed by atoms with Crippen molar-refractivity contribution in [1.82, 2.24) is 19.8 Å². The fourth-order valence-electron chi connectivity index (χ4n) is 8.38. The maximum Gasteiger partial charge on any atom is 0.573 e. The first-order chi connectivity index (χ1) is 32.5. The van der Waals surface area contributed by atoms with Gasteiger partial charge in [-0.2, -0.15) is 0 Å². The molecule has 16 heteroatoms. The van der Waals surface area contributed by atoms with Crippen LogP contribution in [0.5, 0.6) is 11.5 Å². The van der Waals surface area contributed by atoms with Gasteiger partial charge in [0.2, 0.25) is 5.91 Å². The van der Waals surface area contributed by atoms with Crippen LogP contribution in [0.4, 0.5) is 36.2 Å². The minimum Gasteiger partial charge on any atom is -0.484 e. The highest BCUT2D eigenvalue weighted by Gasteiger charge is 2.31. The first-order valence-corrected chi connectivity index (χ1v) is 23.9. The highest BCUT2D eigenvalue weighted by molar-refractivity contribution is 9.10.